The van der Waals surface area contributed by atoms with Crippen LogP contribution in [0.2, 0.25) is 0 Å². The number of carbonyl (C=O) groups excluding carboxylic acids is 1. The van der Waals surface area contributed by atoms with Gasteiger partial charge in [0.15, 0.2) is 0 Å². The van der Waals surface area contributed by atoms with Gasteiger partial charge in [-0.25, -0.2) is 0 Å². The highest BCUT2D eigenvalue weighted by molar-refractivity contribution is 6.06. The van der Waals surface area contributed by atoms with Gasteiger partial charge in [-0.1, -0.05) is 12.1 Å². The standard InChI is InChI=1S/C21H22N4O2/c1-16-3-2-4-19(13-16)25-11-9-24(10-12-25)15-17(14-22)21(27)23-18-5-7-20(26)8-6-18/h2-8,13,15,26H,9-12H2,1H3,(H,23,27)/b17-15-. The van der Waals surface area contributed by atoms with Crippen molar-refractivity contribution in [3.05, 3.63) is 65.9 Å². The van der Waals surface area contributed by atoms with Gasteiger partial charge in [0.1, 0.15) is 17.4 Å². The van der Waals surface area contributed by atoms with E-state index in [0.29, 0.717) is 5.69 Å². The van der Waals surface area contributed by atoms with Crippen molar-refractivity contribution >= 4 is 17.3 Å². The van der Waals surface area contributed by atoms with E-state index in [0.717, 1.165) is 26.2 Å². The maximum absolute atomic E-state index is 12.3. The number of nitriles is 1. The summed E-state index contributed by atoms with van der Waals surface area (Å²) < 4.78 is 0. The Kier molecular flexibility index (Phi) is 5.62. The molecule has 1 amide bonds. The van der Waals surface area contributed by atoms with E-state index in [1.807, 2.05) is 11.0 Å². The minimum Gasteiger partial charge on any atom is -0.508 e. The number of benzene rings is 2. The second-order valence-electron chi connectivity index (χ2n) is 6.52. The lowest BCUT2D eigenvalue weighted by Gasteiger charge is -2.35. The lowest BCUT2D eigenvalue weighted by molar-refractivity contribution is -0.112. The quantitative estimate of drug-likeness (QED) is 0.497. The van der Waals surface area contributed by atoms with Crippen LogP contribution in [0.1, 0.15) is 5.56 Å². The lowest BCUT2D eigenvalue weighted by Crippen LogP contribution is -2.44. The molecule has 0 radical (unpaired) electrons. The number of phenolic OH excluding ortho intramolecular Hbond substituents is 1. The number of carbonyl (C=O) groups is 1. The van der Waals surface area contributed by atoms with E-state index < -0.39 is 5.91 Å². The van der Waals surface area contributed by atoms with Crippen LogP contribution in [0.25, 0.3) is 0 Å². The van der Waals surface area contributed by atoms with Gasteiger partial charge in [0.05, 0.1) is 0 Å². The molecule has 0 spiro atoms. The van der Waals surface area contributed by atoms with Crippen LogP contribution >= 0.6 is 0 Å². The van der Waals surface area contributed by atoms with Crippen LogP contribution in [0.4, 0.5) is 11.4 Å². The monoisotopic (exact) mass is 362 g/mol. The van der Waals surface area contributed by atoms with Crippen molar-refractivity contribution in [1.82, 2.24) is 4.90 Å². The molecule has 0 aromatic heterocycles. The van der Waals surface area contributed by atoms with E-state index in [1.165, 1.54) is 23.4 Å². The molecule has 27 heavy (non-hydrogen) atoms. The van der Waals surface area contributed by atoms with Crippen LogP contribution in [0.5, 0.6) is 5.75 Å². The van der Waals surface area contributed by atoms with Crippen molar-refractivity contribution in [3.63, 3.8) is 0 Å². The average Bonchev–Trinajstić information content (AvgIpc) is 2.68. The van der Waals surface area contributed by atoms with E-state index in [9.17, 15) is 15.2 Å². The summed E-state index contributed by atoms with van der Waals surface area (Å²) >= 11 is 0. The van der Waals surface area contributed by atoms with Crippen LogP contribution in [0.15, 0.2) is 60.3 Å². The number of nitrogens with one attached hydrogen (secondary N) is 1. The summed E-state index contributed by atoms with van der Waals surface area (Å²) in [5.41, 5.74) is 3.02. The molecule has 0 bridgehead atoms. The van der Waals surface area contributed by atoms with Crippen molar-refractivity contribution in [3.8, 4) is 11.8 Å². The summed E-state index contributed by atoms with van der Waals surface area (Å²) in [6.07, 6.45) is 1.63. The van der Waals surface area contributed by atoms with Gasteiger partial charge >= 0.3 is 0 Å². The molecule has 1 saturated heterocycles. The molecule has 0 aliphatic carbocycles. The van der Waals surface area contributed by atoms with E-state index in [2.05, 4.69) is 41.4 Å². The number of nitrogens with zero attached hydrogens (tertiary/aromatic N) is 3. The first-order chi connectivity index (χ1) is 13.0. The van der Waals surface area contributed by atoms with Gasteiger partial charge < -0.3 is 20.2 Å². The Balaban J connectivity index is 1.60. The van der Waals surface area contributed by atoms with Crippen LogP contribution < -0.4 is 10.2 Å². The Morgan fingerprint density at radius 1 is 1.15 bits per heavy atom. The first kappa shape index (κ1) is 18.3. The molecule has 6 heteroatoms. The topological polar surface area (TPSA) is 79.6 Å². The molecule has 1 heterocycles. The molecule has 2 aromatic carbocycles. The smallest absolute Gasteiger partial charge is 0.267 e. The fourth-order valence-electron chi connectivity index (χ4n) is 3.00. The molecule has 1 aliphatic heterocycles. The van der Waals surface area contributed by atoms with Gasteiger partial charge in [-0.3, -0.25) is 4.79 Å². The zero-order chi connectivity index (χ0) is 19.2. The second-order valence-corrected chi connectivity index (χ2v) is 6.52. The highest BCUT2D eigenvalue weighted by atomic mass is 16.3. The number of aromatic hydroxyl groups is 1. The van der Waals surface area contributed by atoms with E-state index in [-0.39, 0.29) is 11.3 Å². The minimum atomic E-state index is -0.454. The molecule has 0 saturated carbocycles. The van der Waals surface area contributed by atoms with Crippen LogP contribution in [0, 0.1) is 18.3 Å². The van der Waals surface area contributed by atoms with Gasteiger partial charge in [-0.2, -0.15) is 5.26 Å². The number of phenols is 1. The van der Waals surface area contributed by atoms with E-state index in [1.54, 1.807) is 18.3 Å². The summed E-state index contributed by atoms with van der Waals surface area (Å²) in [6.45, 7) is 5.22. The molecule has 3 rings (SSSR count). The van der Waals surface area contributed by atoms with Crippen molar-refractivity contribution in [2.45, 2.75) is 6.92 Å². The van der Waals surface area contributed by atoms with Crippen LogP contribution in [-0.2, 0) is 4.79 Å². The van der Waals surface area contributed by atoms with E-state index >= 15 is 0 Å². The Bertz CT molecular complexity index is 876. The van der Waals surface area contributed by atoms with Crippen LogP contribution in [0.3, 0.4) is 0 Å². The summed E-state index contributed by atoms with van der Waals surface area (Å²) in [6, 6.07) is 16.5. The zero-order valence-corrected chi connectivity index (χ0v) is 15.2. The van der Waals surface area contributed by atoms with Gasteiger partial charge in [0.2, 0.25) is 0 Å². The average molecular weight is 362 g/mol. The van der Waals surface area contributed by atoms with E-state index in [4.69, 9.17) is 0 Å². The Morgan fingerprint density at radius 2 is 1.85 bits per heavy atom. The number of hydrogen-bond donors (Lipinski definition) is 2. The third kappa shape index (κ3) is 4.79. The first-order valence-electron chi connectivity index (χ1n) is 8.83. The molecule has 0 atom stereocenters. The van der Waals surface area contributed by atoms with Crippen molar-refractivity contribution in [2.24, 2.45) is 0 Å². The van der Waals surface area contributed by atoms with Crippen LogP contribution in [-0.4, -0.2) is 42.1 Å². The molecule has 1 fully saturated rings. The predicted molar refractivity (Wildman–Crippen MR) is 105 cm³/mol. The Morgan fingerprint density at radius 3 is 2.48 bits per heavy atom. The molecule has 2 aromatic rings. The van der Waals surface area contributed by atoms with Gasteiger partial charge in [-0.15, -0.1) is 0 Å². The normalized spacial score (nSPS) is 14.6. The number of amides is 1. The van der Waals surface area contributed by atoms with Crippen molar-refractivity contribution in [2.75, 3.05) is 36.4 Å². The number of piperazine rings is 1. The maximum Gasteiger partial charge on any atom is 0.267 e. The Hall–Kier alpha value is -3.46. The predicted octanol–water partition coefficient (Wildman–Crippen LogP) is 2.87. The lowest BCUT2D eigenvalue weighted by atomic mass is 10.2. The van der Waals surface area contributed by atoms with Gasteiger partial charge in [0.25, 0.3) is 5.91 Å². The minimum absolute atomic E-state index is 0.0621. The number of rotatable bonds is 4. The fourth-order valence-corrected chi connectivity index (χ4v) is 3.00. The largest absolute Gasteiger partial charge is 0.508 e. The highest BCUT2D eigenvalue weighted by Crippen LogP contribution is 2.19. The van der Waals surface area contributed by atoms with Gasteiger partial charge in [0, 0.05) is 43.8 Å². The molecule has 0 unspecified atom stereocenters. The third-order valence-corrected chi connectivity index (χ3v) is 4.48. The SMILES string of the molecule is Cc1cccc(N2CCN(/C=C(/C#N)C(=O)Nc3ccc(O)cc3)CC2)c1. The highest BCUT2D eigenvalue weighted by Gasteiger charge is 2.18. The Labute approximate surface area is 158 Å². The van der Waals surface area contributed by atoms with Crippen molar-refractivity contribution < 1.29 is 9.90 Å². The zero-order valence-electron chi connectivity index (χ0n) is 15.2. The molecular formula is C21H22N4O2. The summed E-state index contributed by atoms with van der Waals surface area (Å²) in [5, 5.41) is 21.3. The fraction of sp³-hybridized carbons (Fsp3) is 0.238. The molecular weight excluding hydrogens is 340 g/mol. The van der Waals surface area contributed by atoms with Crippen molar-refractivity contribution in [1.29, 1.82) is 5.26 Å². The number of anilines is 2. The molecule has 2 N–H and O–H groups in total. The molecule has 138 valence electrons. The molecule has 1 aliphatic rings. The van der Waals surface area contributed by atoms with Gasteiger partial charge in [-0.05, 0) is 48.9 Å². The molecule has 6 nitrogen and oxygen atoms in total. The summed E-state index contributed by atoms with van der Waals surface area (Å²) in [4.78, 5) is 16.6. The number of hydrogen-bond acceptors (Lipinski definition) is 5. The maximum atomic E-state index is 12.3. The summed E-state index contributed by atoms with van der Waals surface area (Å²) in [7, 11) is 0. The third-order valence-electron chi connectivity index (χ3n) is 4.48. The number of aryl methyl sites for hydroxylation is 1. The summed E-state index contributed by atoms with van der Waals surface area (Å²) in [5.74, 6) is -0.333. The first-order valence-corrected chi connectivity index (χ1v) is 8.83. The second kappa shape index (κ2) is 8.28.